The molecule has 0 amide bonds. The van der Waals surface area contributed by atoms with Crippen molar-refractivity contribution in [2.75, 3.05) is 12.1 Å². The van der Waals surface area contributed by atoms with Crippen molar-refractivity contribution < 1.29 is 5.11 Å². The van der Waals surface area contributed by atoms with Gasteiger partial charge in [-0.2, -0.15) is 5.26 Å². The molecular formula is C19H13Cl2N5O. The van der Waals surface area contributed by atoms with Gasteiger partial charge in [-0.3, -0.25) is 5.01 Å². The van der Waals surface area contributed by atoms with Gasteiger partial charge in [-0.15, -0.1) is 0 Å². The number of aliphatic hydroxyl groups excluding tert-OH is 1. The molecule has 0 saturated heterocycles. The highest BCUT2D eigenvalue weighted by molar-refractivity contribution is 6.31. The third-order valence-electron chi connectivity index (χ3n) is 4.33. The minimum Gasteiger partial charge on any atom is -0.509 e. The zero-order chi connectivity index (χ0) is 19.1. The second-order valence-corrected chi connectivity index (χ2v) is 6.95. The molecule has 0 aliphatic carbocycles. The second-order valence-electron chi connectivity index (χ2n) is 6.07. The third kappa shape index (κ3) is 3.06. The van der Waals surface area contributed by atoms with Gasteiger partial charge in [-0.1, -0.05) is 35.3 Å². The van der Waals surface area contributed by atoms with Crippen molar-refractivity contribution in [3.8, 4) is 6.07 Å². The van der Waals surface area contributed by atoms with Crippen molar-refractivity contribution in [2.24, 2.45) is 0 Å². The Balaban J connectivity index is 1.94. The first-order valence-corrected chi connectivity index (χ1v) is 8.80. The third-order valence-corrected chi connectivity index (χ3v) is 4.82. The largest absolute Gasteiger partial charge is 0.509 e. The molecule has 134 valence electrons. The molecule has 1 aliphatic heterocycles. The Morgan fingerprint density at radius 1 is 1.07 bits per heavy atom. The van der Waals surface area contributed by atoms with Gasteiger partial charge in [0.15, 0.2) is 5.82 Å². The number of nitrogens with one attached hydrogen (secondary N) is 1. The van der Waals surface area contributed by atoms with Crippen LogP contribution in [0.3, 0.4) is 0 Å². The lowest BCUT2D eigenvalue weighted by molar-refractivity contribution is 0.346. The maximum absolute atomic E-state index is 10.9. The fourth-order valence-corrected chi connectivity index (χ4v) is 3.29. The van der Waals surface area contributed by atoms with Crippen LogP contribution < -0.4 is 10.4 Å². The SMILES string of the molecule is CN1N[C@H](c2ccc(Cl)cc2)C(O)=C(C#N)c2nc3cc(Cl)ccc3nc21. The number of allylic oxidation sites excluding steroid dienone is 1. The number of benzene rings is 2. The van der Waals surface area contributed by atoms with Gasteiger partial charge in [-0.05, 0) is 35.9 Å². The topological polar surface area (TPSA) is 85.1 Å². The van der Waals surface area contributed by atoms with Gasteiger partial charge in [0.1, 0.15) is 29.1 Å². The van der Waals surface area contributed by atoms with Gasteiger partial charge < -0.3 is 5.11 Å². The van der Waals surface area contributed by atoms with E-state index in [-0.39, 0.29) is 17.0 Å². The number of nitrogens with zero attached hydrogens (tertiary/aromatic N) is 4. The van der Waals surface area contributed by atoms with E-state index in [1.165, 1.54) is 0 Å². The normalized spacial score (nSPS) is 16.8. The van der Waals surface area contributed by atoms with Crippen molar-refractivity contribution in [2.45, 2.75) is 6.04 Å². The lowest BCUT2D eigenvalue weighted by Gasteiger charge is -2.24. The molecule has 0 bridgehead atoms. The lowest BCUT2D eigenvalue weighted by Crippen LogP contribution is -2.38. The van der Waals surface area contributed by atoms with Crippen LogP contribution in [-0.2, 0) is 0 Å². The van der Waals surface area contributed by atoms with Crippen LogP contribution in [0.25, 0.3) is 16.6 Å². The number of halogens is 2. The molecule has 2 heterocycles. The van der Waals surface area contributed by atoms with Crippen molar-refractivity contribution in [1.29, 1.82) is 5.26 Å². The van der Waals surface area contributed by atoms with Crippen molar-refractivity contribution in [3.05, 3.63) is 69.5 Å². The van der Waals surface area contributed by atoms with Crippen LogP contribution in [0, 0.1) is 11.3 Å². The summed E-state index contributed by atoms with van der Waals surface area (Å²) in [6.07, 6.45) is 0. The monoisotopic (exact) mass is 397 g/mol. The summed E-state index contributed by atoms with van der Waals surface area (Å²) in [6, 6.07) is 13.6. The molecule has 8 heteroatoms. The fourth-order valence-electron chi connectivity index (χ4n) is 3.00. The number of aliphatic hydroxyl groups is 1. The Kier molecular flexibility index (Phi) is 4.36. The number of fused-ring (bicyclic) bond motifs is 2. The molecule has 3 aromatic rings. The Labute approximate surface area is 165 Å². The van der Waals surface area contributed by atoms with Crippen LogP contribution in [-0.4, -0.2) is 22.1 Å². The van der Waals surface area contributed by atoms with E-state index in [4.69, 9.17) is 23.2 Å². The van der Waals surface area contributed by atoms with E-state index in [0.29, 0.717) is 26.9 Å². The molecule has 2 aromatic carbocycles. The summed E-state index contributed by atoms with van der Waals surface area (Å²) in [5.74, 6) is 0.297. The minimum absolute atomic E-state index is 0.0520. The maximum Gasteiger partial charge on any atom is 0.170 e. The van der Waals surface area contributed by atoms with Crippen molar-refractivity contribution >= 4 is 45.6 Å². The van der Waals surface area contributed by atoms with Crippen LogP contribution in [0.5, 0.6) is 0 Å². The van der Waals surface area contributed by atoms with E-state index >= 15 is 0 Å². The molecule has 1 atom stereocenters. The van der Waals surface area contributed by atoms with E-state index in [1.54, 1.807) is 54.5 Å². The molecule has 4 rings (SSSR count). The number of nitriles is 1. The Bertz CT molecular complexity index is 1120. The molecule has 27 heavy (non-hydrogen) atoms. The molecule has 0 fully saturated rings. The molecule has 0 saturated carbocycles. The summed E-state index contributed by atoms with van der Waals surface area (Å²) in [6.45, 7) is 0. The average molecular weight is 398 g/mol. The summed E-state index contributed by atoms with van der Waals surface area (Å²) >= 11 is 12.0. The van der Waals surface area contributed by atoms with E-state index in [1.807, 2.05) is 0 Å². The lowest BCUT2D eigenvalue weighted by atomic mass is 10.0. The highest BCUT2D eigenvalue weighted by Gasteiger charge is 2.30. The minimum atomic E-state index is -0.649. The number of aromatic nitrogens is 2. The second kappa shape index (κ2) is 6.71. The van der Waals surface area contributed by atoms with Gasteiger partial charge in [0.2, 0.25) is 0 Å². The van der Waals surface area contributed by atoms with E-state index in [0.717, 1.165) is 5.56 Å². The predicted octanol–water partition coefficient (Wildman–Crippen LogP) is 4.42. The highest BCUT2D eigenvalue weighted by atomic mass is 35.5. The quantitative estimate of drug-likeness (QED) is 0.631. The first kappa shape index (κ1) is 17.6. The summed E-state index contributed by atoms with van der Waals surface area (Å²) in [7, 11) is 1.76. The van der Waals surface area contributed by atoms with Crippen LogP contribution in [0.1, 0.15) is 17.3 Å². The average Bonchev–Trinajstić information content (AvgIpc) is 2.75. The Morgan fingerprint density at radius 2 is 1.78 bits per heavy atom. The highest BCUT2D eigenvalue weighted by Crippen LogP contribution is 2.35. The summed E-state index contributed by atoms with van der Waals surface area (Å²) in [5, 5.41) is 23.3. The molecule has 2 N–H and O–H groups in total. The molecule has 0 unspecified atom stereocenters. The maximum atomic E-state index is 10.9. The standard InChI is InChI=1S/C19H13Cl2N5O/c1-26-19-17(23-15-8-12(21)6-7-14(15)24-19)13(9-22)18(27)16(25-26)10-2-4-11(20)5-3-10/h2-8,16,25,27H,1H3/t16-/m1/s1. The van der Waals surface area contributed by atoms with Crippen LogP contribution in [0.15, 0.2) is 48.2 Å². The predicted molar refractivity (Wildman–Crippen MR) is 105 cm³/mol. The fraction of sp³-hybridized carbons (Fsp3) is 0.105. The van der Waals surface area contributed by atoms with Crippen molar-refractivity contribution in [1.82, 2.24) is 15.4 Å². The number of hydrogen-bond donors (Lipinski definition) is 2. The molecule has 6 nitrogen and oxygen atoms in total. The summed E-state index contributed by atoms with van der Waals surface area (Å²) < 4.78 is 0. The Morgan fingerprint density at radius 3 is 2.48 bits per heavy atom. The first-order chi connectivity index (χ1) is 13.0. The zero-order valence-corrected chi connectivity index (χ0v) is 15.6. The number of rotatable bonds is 1. The molecular weight excluding hydrogens is 385 g/mol. The zero-order valence-electron chi connectivity index (χ0n) is 14.1. The molecule has 1 aromatic heterocycles. The van der Waals surface area contributed by atoms with Gasteiger partial charge in [0, 0.05) is 17.1 Å². The smallest absolute Gasteiger partial charge is 0.170 e. The summed E-state index contributed by atoms with van der Waals surface area (Å²) in [5.41, 5.74) is 5.43. The van der Waals surface area contributed by atoms with E-state index in [2.05, 4.69) is 21.5 Å². The van der Waals surface area contributed by atoms with Crippen LogP contribution in [0.2, 0.25) is 10.0 Å². The number of hydrazine groups is 1. The molecule has 1 aliphatic rings. The molecule has 0 spiro atoms. The van der Waals surface area contributed by atoms with Crippen LogP contribution >= 0.6 is 23.2 Å². The van der Waals surface area contributed by atoms with E-state index in [9.17, 15) is 10.4 Å². The van der Waals surface area contributed by atoms with E-state index < -0.39 is 6.04 Å². The number of hydrogen-bond acceptors (Lipinski definition) is 6. The number of anilines is 1. The van der Waals surface area contributed by atoms with Gasteiger partial charge in [-0.25, -0.2) is 15.4 Å². The van der Waals surface area contributed by atoms with Gasteiger partial charge >= 0.3 is 0 Å². The van der Waals surface area contributed by atoms with Gasteiger partial charge in [0.25, 0.3) is 0 Å². The summed E-state index contributed by atoms with van der Waals surface area (Å²) in [4.78, 5) is 9.14. The molecule has 0 radical (unpaired) electrons. The van der Waals surface area contributed by atoms with Crippen LogP contribution in [0.4, 0.5) is 5.82 Å². The van der Waals surface area contributed by atoms with Gasteiger partial charge in [0.05, 0.1) is 11.0 Å². The van der Waals surface area contributed by atoms with Crippen molar-refractivity contribution in [3.63, 3.8) is 0 Å². The first-order valence-electron chi connectivity index (χ1n) is 8.04. The Hall–Kier alpha value is -2.85.